The van der Waals surface area contributed by atoms with Gasteiger partial charge in [0.2, 0.25) is 0 Å². The number of hydrogen-bond donors (Lipinski definition) is 5. The van der Waals surface area contributed by atoms with Gasteiger partial charge in [-0.2, -0.15) is 39.5 Å². The fourth-order valence-electron chi connectivity index (χ4n) is 0.784. The predicted octanol–water partition coefficient (Wildman–Crippen LogP) is 1.84. The summed E-state index contributed by atoms with van der Waals surface area (Å²) in [4.78, 5) is 41.1. The number of halogens is 9. The van der Waals surface area contributed by atoms with E-state index in [1.165, 1.54) is 12.7 Å². The lowest BCUT2D eigenvalue weighted by Gasteiger charge is -1.93. The molecule has 0 radical (unpaired) electrons. The Morgan fingerprint density at radius 3 is 1.32 bits per heavy atom. The molecule has 0 saturated heterocycles. The van der Waals surface area contributed by atoms with E-state index in [1.807, 2.05) is 0 Å². The van der Waals surface area contributed by atoms with Crippen molar-refractivity contribution in [2.45, 2.75) is 18.5 Å². The predicted molar refractivity (Wildman–Crippen MR) is 77.2 cm³/mol. The van der Waals surface area contributed by atoms with Crippen molar-refractivity contribution in [3.8, 4) is 0 Å². The lowest BCUT2D eigenvalue weighted by molar-refractivity contribution is -0.193. The second-order valence-electron chi connectivity index (χ2n) is 4.27. The second kappa shape index (κ2) is 11.3. The van der Waals surface area contributed by atoms with Crippen molar-refractivity contribution in [2.24, 2.45) is 0 Å². The third-order valence-corrected chi connectivity index (χ3v) is 1.98. The zero-order valence-corrected chi connectivity index (χ0v) is 14.0. The lowest BCUT2D eigenvalue weighted by atomic mass is 10.5. The molecule has 0 unspecified atom stereocenters. The summed E-state index contributed by atoms with van der Waals surface area (Å²) in [6.07, 6.45) is -12.3. The van der Waals surface area contributed by atoms with Crippen molar-refractivity contribution < 1.29 is 69.2 Å². The molecule has 2 rings (SSSR count). The monoisotopic (exact) mass is 477 g/mol. The molecular weight excluding hydrogens is 469 g/mol. The largest absolute Gasteiger partial charge is 0.490 e. The van der Waals surface area contributed by atoms with Gasteiger partial charge in [-0.1, -0.05) is 0 Å². The number of carboxylic acid groups (broad SMARTS) is 3. The maximum atomic E-state index is 10.6. The number of carboxylic acids is 3. The average Bonchev–Trinajstić information content (AvgIpc) is 3.04. The Balaban J connectivity index is 0. The fraction of sp³-hybridized carbons (Fsp3) is 0.273. The third-order valence-electron chi connectivity index (χ3n) is 1.98. The highest BCUT2D eigenvalue weighted by molar-refractivity contribution is 5.80. The van der Waals surface area contributed by atoms with Gasteiger partial charge in [0, 0.05) is 0 Å². The number of aromatic amines is 1. The van der Waals surface area contributed by atoms with Crippen LogP contribution in [0, 0.1) is 0 Å². The molecule has 2 aromatic rings. The summed E-state index contributed by atoms with van der Waals surface area (Å²) in [6, 6.07) is 0. The van der Waals surface area contributed by atoms with Gasteiger partial charge in [-0.3, -0.25) is 0 Å². The lowest BCUT2D eigenvalue weighted by Crippen LogP contribution is -2.21. The number of rotatable bonds is 0. The van der Waals surface area contributed by atoms with Crippen molar-refractivity contribution in [1.29, 1.82) is 0 Å². The number of H-pyrrole nitrogens is 1. The first-order chi connectivity index (χ1) is 13.7. The minimum atomic E-state index is -5.08. The smallest absolute Gasteiger partial charge is 0.475 e. The van der Waals surface area contributed by atoms with Gasteiger partial charge in [-0.05, 0) is 0 Å². The molecule has 0 aliphatic rings. The molecule has 0 amide bonds. The number of anilines is 1. The van der Waals surface area contributed by atoms with Crippen molar-refractivity contribution in [1.82, 2.24) is 19.9 Å². The van der Waals surface area contributed by atoms with Crippen molar-refractivity contribution in [3.05, 3.63) is 12.7 Å². The topological polar surface area (TPSA) is 192 Å². The van der Waals surface area contributed by atoms with Crippen molar-refractivity contribution in [2.75, 3.05) is 5.73 Å². The van der Waals surface area contributed by atoms with E-state index in [1.54, 1.807) is 0 Å². The molecule has 6 N–H and O–H groups in total. The number of alkyl halides is 9. The Morgan fingerprint density at radius 1 is 0.742 bits per heavy atom. The number of nitrogens with zero attached hydrogens (tertiary/aromatic N) is 3. The second-order valence-corrected chi connectivity index (χ2v) is 4.27. The maximum absolute atomic E-state index is 10.6. The summed E-state index contributed by atoms with van der Waals surface area (Å²) in [5, 5.41) is 21.4. The Bertz CT molecular complexity index is 820. The van der Waals surface area contributed by atoms with Crippen LogP contribution in [0.2, 0.25) is 0 Å². The number of hydrogen-bond acceptors (Lipinski definition) is 7. The third kappa shape index (κ3) is 13.1. The van der Waals surface area contributed by atoms with Crippen LogP contribution in [0.3, 0.4) is 0 Å². The molecule has 0 spiro atoms. The summed E-state index contributed by atoms with van der Waals surface area (Å²) >= 11 is 0. The minimum absolute atomic E-state index is 0.433. The van der Waals surface area contributed by atoms with E-state index in [0.717, 1.165) is 0 Å². The molecule has 31 heavy (non-hydrogen) atoms. The number of aliphatic carboxylic acids is 3. The Labute approximate surface area is 162 Å². The van der Waals surface area contributed by atoms with Gasteiger partial charge in [0.25, 0.3) is 0 Å². The van der Waals surface area contributed by atoms with E-state index in [4.69, 9.17) is 35.4 Å². The minimum Gasteiger partial charge on any atom is -0.475 e. The molecule has 0 aliphatic heterocycles. The summed E-state index contributed by atoms with van der Waals surface area (Å²) in [7, 11) is 0. The van der Waals surface area contributed by atoms with Crippen LogP contribution < -0.4 is 5.73 Å². The SMILES string of the molecule is Nc1ncnc2nc[nH]c12.O=C(O)C(F)(F)F.O=C(O)C(F)(F)F.O=C(O)C(F)(F)F. The number of nitrogens with one attached hydrogen (secondary N) is 1. The van der Waals surface area contributed by atoms with Crippen LogP contribution in [-0.2, 0) is 14.4 Å². The first-order valence-corrected chi connectivity index (χ1v) is 6.51. The number of nitrogen functional groups attached to an aromatic ring is 1. The number of nitrogens with two attached hydrogens (primary N) is 1. The van der Waals surface area contributed by atoms with E-state index in [9.17, 15) is 39.5 Å². The quantitative estimate of drug-likeness (QED) is 0.350. The molecule has 0 aliphatic carbocycles. The number of fused-ring (bicyclic) bond motifs is 1. The Morgan fingerprint density at radius 2 is 1.06 bits per heavy atom. The van der Waals surface area contributed by atoms with Gasteiger partial charge >= 0.3 is 36.4 Å². The van der Waals surface area contributed by atoms with Gasteiger partial charge in [0.15, 0.2) is 11.5 Å². The van der Waals surface area contributed by atoms with Crippen LogP contribution in [-0.4, -0.2) is 71.7 Å². The number of imidazole rings is 1. The molecule has 0 bridgehead atoms. The average molecular weight is 477 g/mol. The Kier molecular flexibility index (Phi) is 10.7. The highest BCUT2D eigenvalue weighted by atomic mass is 19.4. The zero-order chi connectivity index (χ0) is 25.2. The van der Waals surface area contributed by atoms with E-state index in [2.05, 4.69) is 19.9 Å². The normalized spacial score (nSPS) is 11.0. The van der Waals surface area contributed by atoms with E-state index in [-0.39, 0.29) is 0 Å². The van der Waals surface area contributed by atoms with Crippen LogP contribution in [0.4, 0.5) is 45.3 Å². The van der Waals surface area contributed by atoms with Gasteiger partial charge in [0.1, 0.15) is 11.8 Å². The van der Waals surface area contributed by atoms with E-state index >= 15 is 0 Å². The van der Waals surface area contributed by atoms with Crippen LogP contribution in [0.25, 0.3) is 11.2 Å². The number of aromatic nitrogens is 4. The van der Waals surface area contributed by atoms with Gasteiger partial charge in [-0.25, -0.2) is 29.3 Å². The van der Waals surface area contributed by atoms with Crippen LogP contribution in [0.5, 0.6) is 0 Å². The standard InChI is InChI=1S/C5H5N5.3C2HF3O2/c6-4-3-5(9-1-7-3)10-2-8-4;3*3-2(4,5)1(6)7/h1-2H,(H3,6,7,8,9,10);3*(H,6,7). The summed E-state index contributed by atoms with van der Waals surface area (Å²) < 4.78 is 95.2. The first-order valence-electron chi connectivity index (χ1n) is 6.51. The molecule has 2 aromatic heterocycles. The molecule has 11 nitrogen and oxygen atoms in total. The fourth-order valence-corrected chi connectivity index (χ4v) is 0.784. The molecule has 0 fully saturated rings. The van der Waals surface area contributed by atoms with Gasteiger partial charge in [0.05, 0.1) is 6.33 Å². The highest BCUT2D eigenvalue weighted by Gasteiger charge is 2.39. The molecule has 176 valence electrons. The summed E-state index contributed by atoms with van der Waals surface area (Å²) in [6.45, 7) is 0. The first kappa shape index (κ1) is 29.3. The molecule has 0 saturated carbocycles. The molecule has 0 atom stereocenters. The summed E-state index contributed by atoms with van der Waals surface area (Å²) in [5.74, 6) is -7.84. The van der Waals surface area contributed by atoms with E-state index in [0.29, 0.717) is 17.0 Å². The van der Waals surface area contributed by atoms with Crippen molar-refractivity contribution in [3.63, 3.8) is 0 Å². The molecular formula is C11H8F9N5O6. The van der Waals surface area contributed by atoms with Crippen LogP contribution in [0.1, 0.15) is 0 Å². The van der Waals surface area contributed by atoms with Crippen LogP contribution >= 0.6 is 0 Å². The Hall–Kier alpha value is -3.87. The van der Waals surface area contributed by atoms with E-state index < -0.39 is 36.4 Å². The molecule has 20 heteroatoms. The molecule has 0 aromatic carbocycles. The maximum Gasteiger partial charge on any atom is 0.490 e. The van der Waals surface area contributed by atoms with Crippen LogP contribution in [0.15, 0.2) is 12.7 Å². The zero-order valence-electron chi connectivity index (χ0n) is 14.0. The summed E-state index contributed by atoms with van der Waals surface area (Å²) in [5.41, 5.74) is 6.78. The van der Waals surface area contributed by atoms with Gasteiger partial charge < -0.3 is 26.0 Å². The van der Waals surface area contributed by atoms with Gasteiger partial charge in [-0.15, -0.1) is 0 Å². The number of carbonyl (C=O) groups is 3. The molecule has 2 heterocycles. The van der Waals surface area contributed by atoms with Crippen molar-refractivity contribution >= 4 is 34.9 Å². The highest BCUT2D eigenvalue weighted by Crippen LogP contribution is 2.14.